The van der Waals surface area contributed by atoms with E-state index >= 15 is 0 Å². The smallest absolute Gasteiger partial charge is 0.116 e. The summed E-state index contributed by atoms with van der Waals surface area (Å²) in [4.78, 5) is 4.07. The largest absolute Gasteiger partial charge is 0.290 e. The van der Waals surface area contributed by atoms with E-state index in [2.05, 4.69) is 20.9 Å². The summed E-state index contributed by atoms with van der Waals surface area (Å²) in [7, 11) is -0.938. The fourth-order valence-corrected chi connectivity index (χ4v) is 2.82. The monoisotopic (exact) mass is 260 g/mol. The molecule has 0 fully saturated rings. The van der Waals surface area contributed by atoms with Crippen LogP contribution in [0.2, 0.25) is 0 Å². The topological polar surface area (TPSA) is 33.2 Å². The lowest BCUT2D eigenvalue weighted by atomic mass is 10.2. The molecule has 2 heterocycles. The van der Waals surface area contributed by atoms with Crippen molar-refractivity contribution in [3.63, 3.8) is 0 Å². The van der Waals surface area contributed by atoms with Crippen molar-refractivity contribution in [1.82, 2.24) is 4.98 Å². The molecule has 1 atom stereocenters. The fraction of sp³-hybridized carbons (Fsp3) is 0.375. The molecule has 1 aliphatic rings. The average molecular weight is 261 g/mol. The molecule has 0 saturated carbocycles. The molecule has 2 rings (SSSR count). The third kappa shape index (κ3) is 1.50. The summed E-state index contributed by atoms with van der Waals surface area (Å²) < 4.78 is 14.2. The summed E-state index contributed by atoms with van der Waals surface area (Å²) in [5.41, 5.74) is 2.21. The number of anilines is 1. The molecule has 0 aliphatic carbocycles. The van der Waals surface area contributed by atoms with Crippen LogP contribution in [0.1, 0.15) is 5.56 Å². The average Bonchev–Trinajstić information content (AvgIpc) is 2.48. The Hall–Kier alpha value is -0.420. The van der Waals surface area contributed by atoms with Gasteiger partial charge >= 0.3 is 0 Å². The van der Waals surface area contributed by atoms with Crippen molar-refractivity contribution < 1.29 is 4.21 Å². The molecule has 0 amide bonds. The molecule has 5 heteroatoms. The lowest BCUT2D eigenvalue weighted by Crippen LogP contribution is -2.21. The van der Waals surface area contributed by atoms with Crippen LogP contribution in [0.15, 0.2) is 16.9 Å². The fourth-order valence-electron chi connectivity index (χ4n) is 1.51. The van der Waals surface area contributed by atoms with Crippen LogP contribution in [0.25, 0.3) is 0 Å². The van der Waals surface area contributed by atoms with Crippen molar-refractivity contribution in [1.29, 1.82) is 0 Å². The molecule has 1 aliphatic heterocycles. The molecule has 0 spiro atoms. The molecule has 70 valence electrons. The number of pyridine rings is 1. The van der Waals surface area contributed by atoms with E-state index in [1.54, 1.807) is 18.6 Å². The molecular weight excluding hydrogens is 252 g/mol. The van der Waals surface area contributed by atoms with E-state index in [1.165, 1.54) is 5.56 Å². The van der Waals surface area contributed by atoms with Crippen LogP contribution in [0.4, 0.5) is 5.69 Å². The highest BCUT2D eigenvalue weighted by atomic mass is 79.9. The van der Waals surface area contributed by atoms with E-state index in [0.29, 0.717) is 0 Å². The second-order valence-electron chi connectivity index (χ2n) is 2.89. The zero-order valence-corrected chi connectivity index (χ0v) is 9.56. The van der Waals surface area contributed by atoms with Crippen LogP contribution in [-0.2, 0) is 17.4 Å². The van der Waals surface area contributed by atoms with E-state index in [1.807, 2.05) is 4.31 Å². The van der Waals surface area contributed by atoms with Gasteiger partial charge in [0.25, 0.3) is 0 Å². The van der Waals surface area contributed by atoms with Crippen LogP contribution < -0.4 is 4.31 Å². The second-order valence-corrected chi connectivity index (χ2v) is 5.04. The molecule has 3 nitrogen and oxygen atoms in total. The molecular formula is C8H9BrN2OS. The van der Waals surface area contributed by atoms with Gasteiger partial charge in [-0.25, -0.2) is 4.21 Å². The summed E-state index contributed by atoms with van der Waals surface area (Å²) in [6.07, 6.45) is 6.18. The first kappa shape index (κ1) is 9.15. The standard InChI is InChI=1S/C8H9BrN2OS/c1-13(12)11-3-2-6-7(9)4-10-5-8(6)11/h4-5H,2-3H2,1H3. The Morgan fingerprint density at radius 2 is 2.38 bits per heavy atom. The molecule has 1 unspecified atom stereocenters. The van der Waals surface area contributed by atoms with Gasteiger partial charge in [-0.3, -0.25) is 9.29 Å². The summed E-state index contributed by atoms with van der Waals surface area (Å²) in [5, 5.41) is 0. The van der Waals surface area contributed by atoms with E-state index in [-0.39, 0.29) is 0 Å². The summed E-state index contributed by atoms with van der Waals surface area (Å²) >= 11 is 3.44. The van der Waals surface area contributed by atoms with Gasteiger partial charge in [-0.2, -0.15) is 0 Å². The second kappa shape index (κ2) is 3.38. The Morgan fingerprint density at radius 3 is 3.08 bits per heavy atom. The predicted octanol–water partition coefficient (Wildman–Crippen LogP) is 1.50. The zero-order chi connectivity index (χ0) is 9.42. The molecule has 0 saturated heterocycles. The Kier molecular flexibility index (Phi) is 2.38. The lowest BCUT2D eigenvalue weighted by molar-refractivity contribution is 0.684. The number of hydrogen-bond donors (Lipinski definition) is 0. The highest BCUT2D eigenvalue weighted by molar-refractivity contribution is 9.10. The van der Waals surface area contributed by atoms with Crippen LogP contribution in [0.3, 0.4) is 0 Å². The van der Waals surface area contributed by atoms with Gasteiger partial charge in [0.1, 0.15) is 11.0 Å². The first-order valence-corrected chi connectivity index (χ1v) is 6.24. The Morgan fingerprint density at radius 1 is 1.62 bits per heavy atom. The van der Waals surface area contributed by atoms with Gasteiger partial charge in [0.05, 0.1) is 11.9 Å². The normalized spacial score (nSPS) is 17.2. The molecule has 0 aromatic carbocycles. The number of fused-ring (bicyclic) bond motifs is 1. The number of nitrogens with zero attached hydrogens (tertiary/aromatic N) is 2. The van der Waals surface area contributed by atoms with Gasteiger partial charge in [0.15, 0.2) is 0 Å². The van der Waals surface area contributed by atoms with Gasteiger partial charge < -0.3 is 0 Å². The Balaban J connectivity index is 2.49. The van der Waals surface area contributed by atoms with E-state index in [9.17, 15) is 4.21 Å². The minimum absolute atomic E-state index is 0.822. The van der Waals surface area contributed by atoms with Crippen molar-refractivity contribution in [2.45, 2.75) is 6.42 Å². The number of rotatable bonds is 1. The van der Waals surface area contributed by atoms with E-state index < -0.39 is 11.0 Å². The third-order valence-corrected chi connectivity index (χ3v) is 3.81. The molecule has 0 radical (unpaired) electrons. The van der Waals surface area contributed by atoms with E-state index in [4.69, 9.17) is 0 Å². The highest BCUT2D eigenvalue weighted by Gasteiger charge is 2.23. The molecule has 1 aromatic rings. The minimum atomic E-state index is -0.938. The minimum Gasteiger partial charge on any atom is -0.290 e. The van der Waals surface area contributed by atoms with Crippen LogP contribution in [0.5, 0.6) is 0 Å². The van der Waals surface area contributed by atoms with Crippen molar-refractivity contribution >= 4 is 32.6 Å². The highest BCUT2D eigenvalue weighted by Crippen LogP contribution is 2.32. The molecule has 1 aromatic heterocycles. The first-order chi connectivity index (χ1) is 6.20. The van der Waals surface area contributed by atoms with E-state index in [0.717, 1.165) is 23.1 Å². The maximum atomic E-state index is 11.3. The zero-order valence-electron chi connectivity index (χ0n) is 7.16. The maximum Gasteiger partial charge on any atom is 0.116 e. The van der Waals surface area contributed by atoms with Crippen molar-refractivity contribution in [2.75, 3.05) is 17.1 Å². The first-order valence-electron chi connectivity index (χ1n) is 3.93. The Bertz CT molecular complexity index is 369. The molecule has 0 N–H and O–H groups in total. The van der Waals surface area contributed by atoms with Gasteiger partial charge in [0, 0.05) is 23.5 Å². The van der Waals surface area contributed by atoms with Crippen LogP contribution in [-0.4, -0.2) is 22.0 Å². The predicted molar refractivity (Wildman–Crippen MR) is 57.1 cm³/mol. The van der Waals surface area contributed by atoms with Crippen LogP contribution >= 0.6 is 15.9 Å². The SMILES string of the molecule is CS(=O)N1CCc2c(Br)cncc21. The van der Waals surface area contributed by atoms with Crippen LogP contribution in [0, 0.1) is 0 Å². The lowest BCUT2D eigenvalue weighted by Gasteiger charge is -2.14. The van der Waals surface area contributed by atoms with Gasteiger partial charge in [-0.1, -0.05) is 0 Å². The summed E-state index contributed by atoms with van der Waals surface area (Å²) in [5.74, 6) is 0. The maximum absolute atomic E-state index is 11.3. The van der Waals surface area contributed by atoms with Gasteiger partial charge in [0.2, 0.25) is 0 Å². The quantitative estimate of drug-likeness (QED) is 0.767. The summed E-state index contributed by atoms with van der Waals surface area (Å²) in [6, 6.07) is 0. The van der Waals surface area contributed by atoms with Gasteiger partial charge in [-0.05, 0) is 27.9 Å². The molecule has 0 bridgehead atoms. The van der Waals surface area contributed by atoms with Crippen molar-refractivity contribution in [2.24, 2.45) is 0 Å². The Labute approximate surface area is 87.9 Å². The number of halogens is 1. The number of hydrogen-bond acceptors (Lipinski definition) is 2. The summed E-state index contributed by atoms with van der Waals surface area (Å²) in [6.45, 7) is 0.822. The van der Waals surface area contributed by atoms with Gasteiger partial charge in [-0.15, -0.1) is 0 Å². The number of aromatic nitrogens is 1. The third-order valence-electron chi connectivity index (χ3n) is 2.13. The van der Waals surface area contributed by atoms with Crippen molar-refractivity contribution in [3.05, 3.63) is 22.4 Å². The van der Waals surface area contributed by atoms with Crippen molar-refractivity contribution in [3.8, 4) is 0 Å². The molecule has 13 heavy (non-hydrogen) atoms.